The molecule has 3 heterocycles. The molecule has 2 aromatic carbocycles. The van der Waals surface area contributed by atoms with Gasteiger partial charge in [0.05, 0.1) is 25.8 Å². The summed E-state index contributed by atoms with van der Waals surface area (Å²) in [7, 11) is 1.53. The molecule has 0 unspecified atom stereocenters. The summed E-state index contributed by atoms with van der Waals surface area (Å²) in [4.78, 5) is 18.4. The number of hydrogen-bond acceptors (Lipinski definition) is 7. The van der Waals surface area contributed by atoms with Crippen LogP contribution in [0, 0.1) is 12.7 Å². The van der Waals surface area contributed by atoms with Gasteiger partial charge in [-0.1, -0.05) is 17.4 Å². The van der Waals surface area contributed by atoms with Gasteiger partial charge in [-0.25, -0.2) is 9.71 Å². The Morgan fingerprint density at radius 2 is 2.05 bits per heavy atom. The van der Waals surface area contributed by atoms with Gasteiger partial charge < -0.3 is 19.5 Å². The quantitative estimate of drug-likeness (QED) is 0.326. The Balaban J connectivity index is 1.47. The van der Waals surface area contributed by atoms with Crippen molar-refractivity contribution in [3.63, 3.8) is 0 Å². The van der Waals surface area contributed by atoms with E-state index in [1.165, 1.54) is 24.5 Å². The lowest BCUT2D eigenvalue weighted by atomic mass is 9.93. The summed E-state index contributed by atoms with van der Waals surface area (Å²) in [6.45, 7) is 9.54. The van der Waals surface area contributed by atoms with E-state index in [0.717, 1.165) is 10.4 Å². The van der Waals surface area contributed by atoms with E-state index >= 15 is 4.39 Å². The van der Waals surface area contributed by atoms with E-state index in [1.54, 1.807) is 43.0 Å². The molecule has 0 aliphatic carbocycles. The molecular weight excluding hydrogens is 507 g/mol. The van der Waals surface area contributed by atoms with Crippen LogP contribution in [-0.2, 0) is 10.4 Å². The molecule has 0 spiro atoms. The molecule has 10 heteroatoms. The van der Waals surface area contributed by atoms with E-state index in [1.807, 2.05) is 18.4 Å². The predicted octanol–water partition coefficient (Wildman–Crippen LogP) is 5.04. The average molecular weight is 536 g/mol. The Morgan fingerprint density at radius 3 is 2.68 bits per heavy atom. The van der Waals surface area contributed by atoms with Crippen molar-refractivity contribution in [3.8, 4) is 21.9 Å². The summed E-state index contributed by atoms with van der Waals surface area (Å²) in [5, 5.41) is 20.1. The third-order valence-electron chi connectivity index (χ3n) is 6.46. The number of aliphatic hydroxyl groups is 1. The van der Waals surface area contributed by atoms with Crippen LogP contribution in [0.3, 0.4) is 0 Å². The number of nitrogens with zero attached hydrogens (tertiary/aromatic N) is 3. The van der Waals surface area contributed by atoms with Gasteiger partial charge in [-0.3, -0.25) is 4.79 Å². The maximum Gasteiger partial charge on any atom is 0.414 e. The SMILES string of the molecule is C=CC(=O)N1CC(Oc2cc3c(cc2OC)N=[N+]=C3Nc2c(C(C)(C)O)ccc(-c3cc(C)cs3)c2F)C1. The van der Waals surface area contributed by atoms with Gasteiger partial charge >= 0.3 is 5.84 Å². The van der Waals surface area contributed by atoms with E-state index in [0.29, 0.717) is 52.8 Å². The van der Waals surface area contributed by atoms with Gasteiger partial charge in [0.15, 0.2) is 23.0 Å². The van der Waals surface area contributed by atoms with E-state index in [2.05, 4.69) is 21.8 Å². The number of aryl methyl sites for hydroxylation is 1. The second kappa shape index (κ2) is 9.72. The van der Waals surface area contributed by atoms with E-state index in [9.17, 15) is 9.90 Å². The molecule has 2 N–H and O–H groups in total. The van der Waals surface area contributed by atoms with Gasteiger partial charge in [-0.05, 0) is 49.9 Å². The van der Waals surface area contributed by atoms with Gasteiger partial charge in [0, 0.05) is 33.3 Å². The summed E-state index contributed by atoms with van der Waals surface area (Å²) in [6, 6.07) is 8.77. The number of fused-ring (bicyclic) bond motifs is 1. The highest BCUT2D eigenvalue weighted by Crippen LogP contribution is 2.41. The molecule has 0 saturated carbocycles. The second-order valence-corrected chi connectivity index (χ2v) is 10.7. The van der Waals surface area contributed by atoms with Gasteiger partial charge in [-0.2, -0.15) is 0 Å². The molecule has 1 aromatic heterocycles. The molecule has 8 nitrogen and oxygen atoms in total. The molecule has 0 bridgehead atoms. The van der Waals surface area contributed by atoms with Crippen molar-refractivity contribution >= 4 is 34.5 Å². The lowest BCUT2D eigenvalue weighted by Crippen LogP contribution is -2.55. The van der Waals surface area contributed by atoms with Crippen LogP contribution in [0.1, 0.15) is 30.5 Å². The minimum atomic E-state index is -1.32. The molecule has 1 amide bonds. The molecule has 38 heavy (non-hydrogen) atoms. The number of carbonyl (C=O) groups excluding carboxylic acids is 1. The third kappa shape index (κ3) is 4.69. The average Bonchev–Trinajstić information content (AvgIpc) is 3.46. The Bertz CT molecular complexity index is 1510. The number of ether oxygens (including phenoxy) is 2. The monoisotopic (exact) mass is 535 g/mol. The third-order valence-corrected chi connectivity index (χ3v) is 7.54. The Morgan fingerprint density at radius 1 is 1.29 bits per heavy atom. The summed E-state index contributed by atoms with van der Waals surface area (Å²) < 4.78 is 27.6. The first-order chi connectivity index (χ1) is 18.1. The Labute approximate surface area is 223 Å². The fourth-order valence-electron chi connectivity index (χ4n) is 4.41. The number of thiophene rings is 1. The fourth-order valence-corrected chi connectivity index (χ4v) is 5.33. The summed E-state index contributed by atoms with van der Waals surface area (Å²) in [5.41, 5.74) is 1.79. The van der Waals surface area contributed by atoms with E-state index in [-0.39, 0.29) is 17.7 Å². The number of carbonyl (C=O) groups is 1. The zero-order valence-corrected chi connectivity index (χ0v) is 22.4. The fraction of sp³-hybridized carbons (Fsp3) is 0.286. The number of amides is 1. The van der Waals surface area contributed by atoms with Crippen LogP contribution in [-0.4, -0.2) is 52.8 Å². The number of nitrogens with one attached hydrogen (secondary N) is 1. The molecule has 196 valence electrons. The van der Waals surface area contributed by atoms with Crippen molar-refractivity contribution in [2.45, 2.75) is 32.5 Å². The number of halogens is 1. The maximum absolute atomic E-state index is 16.0. The van der Waals surface area contributed by atoms with E-state index in [4.69, 9.17) is 9.47 Å². The first kappa shape index (κ1) is 25.7. The first-order valence-electron chi connectivity index (χ1n) is 12.1. The van der Waals surface area contributed by atoms with Gasteiger partial charge in [0.1, 0.15) is 17.4 Å². The van der Waals surface area contributed by atoms with Crippen LogP contribution in [0.2, 0.25) is 0 Å². The number of rotatable bonds is 7. The van der Waals surface area contributed by atoms with Crippen molar-refractivity contribution in [2.75, 3.05) is 25.5 Å². The summed E-state index contributed by atoms with van der Waals surface area (Å²) >= 11 is 1.45. The Kier molecular flexibility index (Phi) is 6.56. The maximum atomic E-state index is 16.0. The molecule has 3 aromatic rings. The van der Waals surface area contributed by atoms with Crippen LogP contribution in [0.5, 0.6) is 11.5 Å². The standard InChI is InChI=1S/C28H27FN4O4S/c1-6-24(34)33-12-16(13-33)37-22-10-18-20(11-21(22)36-5)31-32-27(18)30-26-19(28(3,4)35)8-7-17(25(26)29)23-9-15(2)14-38-23/h6-11,14,16,35H,1,12-13H2,2-5H3/p+1. The second-order valence-electron chi connectivity index (χ2n) is 9.78. The number of methoxy groups -OCH3 is 1. The molecule has 1 saturated heterocycles. The van der Waals surface area contributed by atoms with E-state index < -0.39 is 11.4 Å². The first-order valence-corrected chi connectivity index (χ1v) is 12.9. The molecule has 0 atom stereocenters. The van der Waals surface area contributed by atoms with Crippen molar-refractivity contribution in [2.24, 2.45) is 5.11 Å². The number of hydrogen-bond donors (Lipinski definition) is 2. The van der Waals surface area contributed by atoms with Crippen molar-refractivity contribution in [1.29, 1.82) is 0 Å². The number of anilines is 1. The highest BCUT2D eigenvalue weighted by atomic mass is 32.1. The summed E-state index contributed by atoms with van der Waals surface area (Å²) in [5.74, 6) is 0.603. The van der Waals surface area contributed by atoms with Crippen LogP contribution in [0.15, 0.2) is 53.5 Å². The van der Waals surface area contributed by atoms with Crippen LogP contribution in [0.4, 0.5) is 15.8 Å². The molecular formula is C28H28FN4O4S+. The van der Waals surface area contributed by atoms with Crippen molar-refractivity contribution < 1.29 is 28.6 Å². The van der Waals surface area contributed by atoms with Gasteiger partial charge in [0.2, 0.25) is 5.91 Å². The zero-order chi connectivity index (χ0) is 27.2. The van der Waals surface area contributed by atoms with Gasteiger partial charge in [0.25, 0.3) is 0 Å². The molecule has 1 fully saturated rings. The van der Waals surface area contributed by atoms with Crippen LogP contribution < -0.4 is 14.8 Å². The topological polar surface area (TPSA) is 97.5 Å². The van der Waals surface area contributed by atoms with Crippen LogP contribution >= 0.6 is 11.3 Å². The normalized spacial score (nSPS) is 14.6. The number of benzene rings is 2. The highest BCUT2D eigenvalue weighted by molar-refractivity contribution is 7.13. The van der Waals surface area contributed by atoms with Crippen molar-refractivity contribution in [1.82, 2.24) is 4.90 Å². The number of likely N-dealkylation sites (tertiary alicyclic amines) is 1. The lowest BCUT2D eigenvalue weighted by Gasteiger charge is -2.38. The predicted molar refractivity (Wildman–Crippen MR) is 144 cm³/mol. The minimum absolute atomic E-state index is 0.124. The van der Waals surface area contributed by atoms with Crippen molar-refractivity contribution in [3.05, 3.63) is 70.9 Å². The van der Waals surface area contributed by atoms with Crippen LogP contribution in [0.25, 0.3) is 10.4 Å². The molecule has 2 aliphatic heterocycles. The molecule has 5 rings (SSSR count). The molecule has 0 radical (unpaired) electrons. The lowest BCUT2D eigenvalue weighted by molar-refractivity contribution is -0.134. The Hall–Kier alpha value is -3.98. The smallest absolute Gasteiger partial charge is 0.414 e. The zero-order valence-electron chi connectivity index (χ0n) is 21.5. The largest absolute Gasteiger partial charge is 0.493 e. The van der Waals surface area contributed by atoms with Gasteiger partial charge in [-0.15, -0.1) is 11.3 Å². The minimum Gasteiger partial charge on any atom is -0.493 e. The highest BCUT2D eigenvalue weighted by Gasteiger charge is 2.35. The molecule has 2 aliphatic rings. The number of amidine groups is 1. The summed E-state index contributed by atoms with van der Waals surface area (Å²) in [6.07, 6.45) is 1.07.